The number of hydrogen-bond donors (Lipinski definition) is 1. The number of fused-ring (bicyclic) bond motifs is 1. The van der Waals surface area contributed by atoms with E-state index in [-0.39, 0.29) is 12.5 Å². The summed E-state index contributed by atoms with van der Waals surface area (Å²) in [5, 5.41) is 2.73. The smallest absolute Gasteiger partial charge is 0.262 e. The van der Waals surface area contributed by atoms with E-state index in [1.54, 1.807) is 13.2 Å². The third kappa shape index (κ3) is 2.45. The van der Waals surface area contributed by atoms with Crippen molar-refractivity contribution in [2.24, 2.45) is 0 Å². The van der Waals surface area contributed by atoms with Crippen LogP contribution in [0.15, 0.2) is 12.1 Å². The number of amides is 1. The zero-order valence-electron chi connectivity index (χ0n) is 10.1. The minimum atomic E-state index is -0.134. The van der Waals surface area contributed by atoms with E-state index >= 15 is 0 Å². The van der Waals surface area contributed by atoms with Gasteiger partial charge in [-0.3, -0.25) is 4.79 Å². The average Bonchev–Trinajstić information content (AvgIpc) is 2.30. The Balaban J connectivity index is 0.000000606. The number of nitrogens with one attached hydrogen (secondary N) is 1. The second-order valence-electron chi connectivity index (χ2n) is 3.16. The Morgan fingerprint density at radius 3 is 2.69 bits per heavy atom. The van der Waals surface area contributed by atoms with Crippen LogP contribution in [0.2, 0.25) is 0 Å². The minimum Gasteiger partial charge on any atom is -0.497 e. The van der Waals surface area contributed by atoms with Crippen molar-refractivity contribution in [3.8, 4) is 11.5 Å². The summed E-state index contributed by atoms with van der Waals surface area (Å²) in [5.41, 5.74) is 1.64. The number of carbonyl (C=O) groups is 1. The maximum atomic E-state index is 11.1. The number of anilines is 1. The van der Waals surface area contributed by atoms with Crippen LogP contribution < -0.4 is 14.8 Å². The van der Waals surface area contributed by atoms with Crippen molar-refractivity contribution >= 4 is 11.6 Å². The third-order valence-electron chi connectivity index (χ3n) is 2.11. The highest BCUT2D eigenvalue weighted by molar-refractivity contribution is 5.96. The fourth-order valence-corrected chi connectivity index (χ4v) is 1.47. The first kappa shape index (κ1) is 12.4. The van der Waals surface area contributed by atoms with Gasteiger partial charge < -0.3 is 14.8 Å². The normalized spacial score (nSPS) is 12.6. The second-order valence-corrected chi connectivity index (χ2v) is 3.16. The number of hydrogen-bond acceptors (Lipinski definition) is 3. The lowest BCUT2D eigenvalue weighted by Gasteiger charge is -2.20. The highest BCUT2D eigenvalue weighted by Crippen LogP contribution is 2.35. The van der Waals surface area contributed by atoms with E-state index < -0.39 is 0 Å². The molecule has 0 bridgehead atoms. The Bertz CT molecular complexity index is 388. The van der Waals surface area contributed by atoms with Gasteiger partial charge in [0.15, 0.2) is 6.61 Å². The summed E-state index contributed by atoms with van der Waals surface area (Å²) in [4.78, 5) is 11.1. The minimum absolute atomic E-state index is 0.0835. The van der Waals surface area contributed by atoms with Gasteiger partial charge in [-0.15, -0.1) is 0 Å². The molecule has 0 saturated heterocycles. The van der Waals surface area contributed by atoms with Gasteiger partial charge in [-0.2, -0.15) is 0 Å². The Morgan fingerprint density at radius 2 is 2.06 bits per heavy atom. The lowest BCUT2D eigenvalue weighted by molar-refractivity contribution is -0.118. The summed E-state index contributed by atoms with van der Waals surface area (Å²) >= 11 is 0. The first-order valence-corrected chi connectivity index (χ1v) is 5.32. The van der Waals surface area contributed by atoms with E-state index in [1.165, 1.54) is 0 Å². The molecule has 4 heteroatoms. The zero-order valence-corrected chi connectivity index (χ0v) is 10.1. The predicted octanol–water partition coefficient (Wildman–Crippen LogP) is 2.36. The molecule has 1 aromatic carbocycles. The van der Waals surface area contributed by atoms with Crippen LogP contribution in [-0.4, -0.2) is 19.6 Å². The summed E-state index contributed by atoms with van der Waals surface area (Å²) in [6, 6.07) is 3.62. The van der Waals surface area contributed by atoms with Crippen molar-refractivity contribution in [2.45, 2.75) is 20.8 Å². The molecule has 0 atom stereocenters. The Morgan fingerprint density at radius 1 is 1.38 bits per heavy atom. The van der Waals surface area contributed by atoms with Crippen LogP contribution in [0.5, 0.6) is 11.5 Å². The van der Waals surface area contributed by atoms with Crippen LogP contribution in [0.25, 0.3) is 0 Å². The van der Waals surface area contributed by atoms with Gasteiger partial charge in [0.2, 0.25) is 0 Å². The first-order chi connectivity index (χ1) is 7.70. The molecule has 0 unspecified atom stereocenters. The third-order valence-corrected chi connectivity index (χ3v) is 2.11. The molecule has 0 aliphatic carbocycles. The van der Waals surface area contributed by atoms with Crippen molar-refractivity contribution in [3.63, 3.8) is 0 Å². The molecule has 2 rings (SSSR count). The van der Waals surface area contributed by atoms with Crippen LogP contribution in [0.1, 0.15) is 19.4 Å². The Labute approximate surface area is 95.6 Å². The number of aryl methyl sites for hydroxylation is 1. The molecule has 0 aromatic heterocycles. The number of ether oxygens (including phenoxy) is 2. The van der Waals surface area contributed by atoms with Gasteiger partial charge in [0.05, 0.1) is 12.8 Å². The molecule has 1 N–H and O–H groups in total. The highest BCUT2D eigenvalue weighted by Gasteiger charge is 2.18. The molecular formula is C12H17NO3. The summed E-state index contributed by atoms with van der Waals surface area (Å²) in [5.74, 6) is 1.31. The maximum absolute atomic E-state index is 11.1. The van der Waals surface area contributed by atoms with E-state index in [9.17, 15) is 4.79 Å². The Kier molecular flexibility index (Phi) is 4.17. The SMILES string of the molecule is CC.COc1cc(C)c2c(c1)NC(=O)CO2. The van der Waals surface area contributed by atoms with Crippen molar-refractivity contribution in [2.75, 3.05) is 19.0 Å². The molecule has 1 aliphatic heterocycles. The van der Waals surface area contributed by atoms with Gasteiger partial charge in [-0.1, -0.05) is 13.8 Å². The Hall–Kier alpha value is -1.71. The van der Waals surface area contributed by atoms with Gasteiger partial charge in [0, 0.05) is 6.07 Å². The van der Waals surface area contributed by atoms with E-state index in [1.807, 2.05) is 26.8 Å². The fourth-order valence-electron chi connectivity index (χ4n) is 1.47. The van der Waals surface area contributed by atoms with Crippen molar-refractivity contribution in [1.82, 2.24) is 0 Å². The standard InChI is InChI=1S/C10H11NO3.C2H6/c1-6-3-7(13-2)4-8-10(6)14-5-9(12)11-8;1-2/h3-4H,5H2,1-2H3,(H,11,12);1-2H3. The molecule has 1 amide bonds. The second kappa shape index (κ2) is 5.39. The van der Waals surface area contributed by atoms with Crippen LogP contribution in [0.4, 0.5) is 5.69 Å². The predicted molar refractivity (Wildman–Crippen MR) is 63.2 cm³/mol. The van der Waals surface area contributed by atoms with E-state index in [0.717, 1.165) is 11.3 Å². The van der Waals surface area contributed by atoms with Gasteiger partial charge in [-0.25, -0.2) is 0 Å². The first-order valence-electron chi connectivity index (χ1n) is 5.32. The van der Waals surface area contributed by atoms with Crippen LogP contribution in [0, 0.1) is 6.92 Å². The van der Waals surface area contributed by atoms with Crippen LogP contribution >= 0.6 is 0 Å². The quantitative estimate of drug-likeness (QED) is 0.795. The number of rotatable bonds is 1. The van der Waals surface area contributed by atoms with Crippen molar-refractivity contribution < 1.29 is 14.3 Å². The van der Waals surface area contributed by atoms with Crippen molar-refractivity contribution in [3.05, 3.63) is 17.7 Å². The molecular weight excluding hydrogens is 206 g/mol. The summed E-state index contributed by atoms with van der Waals surface area (Å²) in [6.07, 6.45) is 0. The largest absolute Gasteiger partial charge is 0.497 e. The van der Waals surface area contributed by atoms with Gasteiger partial charge in [-0.05, 0) is 18.6 Å². The topological polar surface area (TPSA) is 47.6 Å². The highest BCUT2D eigenvalue weighted by atomic mass is 16.5. The fraction of sp³-hybridized carbons (Fsp3) is 0.417. The van der Waals surface area contributed by atoms with Gasteiger partial charge >= 0.3 is 0 Å². The van der Waals surface area contributed by atoms with E-state index in [2.05, 4.69) is 5.32 Å². The molecule has 0 fully saturated rings. The molecule has 1 aliphatic rings. The molecule has 4 nitrogen and oxygen atoms in total. The average molecular weight is 223 g/mol. The van der Waals surface area contributed by atoms with E-state index in [0.29, 0.717) is 11.4 Å². The molecule has 1 heterocycles. The number of benzene rings is 1. The van der Waals surface area contributed by atoms with Crippen LogP contribution in [-0.2, 0) is 4.79 Å². The lowest BCUT2D eigenvalue weighted by atomic mass is 10.1. The van der Waals surface area contributed by atoms with Gasteiger partial charge in [0.1, 0.15) is 11.5 Å². The molecule has 1 aromatic rings. The van der Waals surface area contributed by atoms with Crippen molar-refractivity contribution in [1.29, 1.82) is 0 Å². The summed E-state index contributed by atoms with van der Waals surface area (Å²) in [7, 11) is 1.59. The zero-order chi connectivity index (χ0) is 12.1. The van der Waals surface area contributed by atoms with Crippen LogP contribution in [0.3, 0.4) is 0 Å². The monoisotopic (exact) mass is 223 g/mol. The van der Waals surface area contributed by atoms with Gasteiger partial charge in [0.25, 0.3) is 5.91 Å². The van der Waals surface area contributed by atoms with E-state index in [4.69, 9.17) is 9.47 Å². The molecule has 16 heavy (non-hydrogen) atoms. The lowest BCUT2D eigenvalue weighted by Crippen LogP contribution is -2.25. The molecule has 0 radical (unpaired) electrons. The molecule has 0 spiro atoms. The maximum Gasteiger partial charge on any atom is 0.262 e. The number of carbonyl (C=O) groups excluding carboxylic acids is 1. The molecule has 0 saturated carbocycles. The summed E-state index contributed by atoms with van der Waals surface area (Å²) in [6.45, 7) is 6.00. The number of methoxy groups -OCH3 is 1. The molecule has 88 valence electrons. The summed E-state index contributed by atoms with van der Waals surface area (Å²) < 4.78 is 10.4.